The lowest BCUT2D eigenvalue weighted by molar-refractivity contribution is -0.144. The number of hydrogen-bond acceptors (Lipinski definition) is 3. The molecule has 4 heteroatoms. The fourth-order valence-corrected chi connectivity index (χ4v) is 3.61. The number of carbonyl (C=O) groups is 1. The maximum absolute atomic E-state index is 12.1. The zero-order valence-corrected chi connectivity index (χ0v) is 13.0. The Balaban J connectivity index is 1.81. The standard InChI is InChI=1S/C19H14ClNO2/c20-16-9-5-4-8-14(16)15-10-13(12-6-2-1-3-7-12)11-17-18(15)19(22)23-21-17/h1-9,11,15,18H,10H2. The van der Waals surface area contributed by atoms with Crippen molar-refractivity contribution in [1.82, 2.24) is 0 Å². The highest BCUT2D eigenvalue weighted by molar-refractivity contribution is 6.31. The van der Waals surface area contributed by atoms with Gasteiger partial charge in [-0.2, -0.15) is 0 Å². The third-order valence-corrected chi connectivity index (χ3v) is 4.77. The van der Waals surface area contributed by atoms with Crippen LogP contribution in [0.3, 0.4) is 0 Å². The van der Waals surface area contributed by atoms with Crippen molar-refractivity contribution < 1.29 is 9.63 Å². The molecule has 0 amide bonds. The summed E-state index contributed by atoms with van der Waals surface area (Å²) in [4.78, 5) is 17.1. The predicted octanol–water partition coefficient (Wildman–Crippen LogP) is 4.44. The van der Waals surface area contributed by atoms with Crippen molar-refractivity contribution in [2.24, 2.45) is 11.1 Å². The summed E-state index contributed by atoms with van der Waals surface area (Å²) in [6.45, 7) is 0. The number of hydrogen-bond donors (Lipinski definition) is 0. The lowest BCUT2D eigenvalue weighted by Crippen LogP contribution is -2.28. The van der Waals surface area contributed by atoms with Crippen LogP contribution in [0.15, 0.2) is 65.8 Å². The highest BCUT2D eigenvalue weighted by Crippen LogP contribution is 2.44. The van der Waals surface area contributed by atoms with Crippen LogP contribution in [0, 0.1) is 5.92 Å². The molecule has 2 unspecified atom stereocenters. The molecule has 4 rings (SSSR count). The van der Waals surface area contributed by atoms with Gasteiger partial charge in [-0.25, -0.2) is 4.79 Å². The van der Waals surface area contributed by atoms with Gasteiger partial charge in [0.1, 0.15) is 5.92 Å². The van der Waals surface area contributed by atoms with E-state index in [1.54, 1.807) is 0 Å². The molecule has 2 atom stereocenters. The van der Waals surface area contributed by atoms with Crippen molar-refractivity contribution >= 4 is 28.9 Å². The molecule has 1 aliphatic carbocycles. The molecule has 0 aromatic heterocycles. The van der Waals surface area contributed by atoms with E-state index < -0.39 is 0 Å². The van der Waals surface area contributed by atoms with Crippen molar-refractivity contribution in [3.05, 3.63) is 76.8 Å². The summed E-state index contributed by atoms with van der Waals surface area (Å²) >= 11 is 6.38. The number of benzene rings is 2. The molecule has 0 bridgehead atoms. The monoisotopic (exact) mass is 323 g/mol. The number of nitrogens with zero attached hydrogens (tertiary/aromatic N) is 1. The van der Waals surface area contributed by atoms with Crippen molar-refractivity contribution in [3.63, 3.8) is 0 Å². The Morgan fingerprint density at radius 1 is 1.04 bits per heavy atom. The maximum Gasteiger partial charge on any atom is 0.344 e. The molecule has 0 fully saturated rings. The number of halogens is 1. The van der Waals surface area contributed by atoms with Gasteiger partial charge in [-0.3, -0.25) is 0 Å². The van der Waals surface area contributed by atoms with Gasteiger partial charge in [0.2, 0.25) is 0 Å². The summed E-state index contributed by atoms with van der Waals surface area (Å²) in [6.07, 6.45) is 2.70. The minimum atomic E-state index is -0.373. The summed E-state index contributed by atoms with van der Waals surface area (Å²) < 4.78 is 0. The summed E-state index contributed by atoms with van der Waals surface area (Å²) in [5.41, 5.74) is 3.92. The molecule has 0 saturated heterocycles. The zero-order valence-electron chi connectivity index (χ0n) is 12.3. The van der Waals surface area contributed by atoms with Crippen LogP contribution in [0.2, 0.25) is 5.02 Å². The van der Waals surface area contributed by atoms with Gasteiger partial charge in [0.15, 0.2) is 0 Å². The largest absolute Gasteiger partial charge is 0.344 e. The second-order valence-corrected chi connectivity index (χ2v) is 6.18. The maximum atomic E-state index is 12.1. The molecule has 3 nitrogen and oxygen atoms in total. The van der Waals surface area contributed by atoms with Crippen molar-refractivity contribution in [1.29, 1.82) is 0 Å². The van der Waals surface area contributed by atoms with Gasteiger partial charge in [-0.05, 0) is 35.3 Å². The lowest BCUT2D eigenvalue weighted by Gasteiger charge is -2.28. The molecule has 1 aliphatic heterocycles. The van der Waals surface area contributed by atoms with Crippen LogP contribution in [0.25, 0.3) is 5.57 Å². The normalized spacial score (nSPS) is 22.9. The molecule has 2 aromatic carbocycles. The quantitative estimate of drug-likeness (QED) is 0.766. The molecule has 2 aliphatic rings. The van der Waals surface area contributed by atoms with E-state index in [1.807, 2.05) is 48.5 Å². The zero-order chi connectivity index (χ0) is 15.8. The topological polar surface area (TPSA) is 38.7 Å². The van der Waals surface area contributed by atoms with Gasteiger partial charge in [0, 0.05) is 10.9 Å². The molecule has 2 aromatic rings. The summed E-state index contributed by atoms with van der Waals surface area (Å²) in [7, 11) is 0. The fraction of sp³-hybridized carbons (Fsp3) is 0.158. The molecule has 0 N–H and O–H groups in total. The van der Waals surface area contributed by atoms with Gasteiger partial charge in [-0.15, -0.1) is 0 Å². The predicted molar refractivity (Wildman–Crippen MR) is 90.2 cm³/mol. The first-order valence-corrected chi connectivity index (χ1v) is 7.91. The number of fused-ring (bicyclic) bond motifs is 1. The summed E-state index contributed by atoms with van der Waals surface area (Å²) in [5, 5.41) is 4.64. The molecule has 23 heavy (non-hydrogen) atoms. The third-order valence-electron chi connectivity index (χ3n) is 4.43. The molecular formula is C19H14ClNO2. The van der Waals surface area contributed by atoms with Crippen molar-refractivity contribution in [3.8, 4) is 0 Å². The van der Waals surface area contributed by atoms with Crippen LogP contribution in [0.4, 0.5) is 0 Å². The summed E-state index contributed by atoms with van der Waals surface area (Å²) in [6, 6.07) is 17.8. The third kappa shape index (κ3) is 2.47. The smallest absolute Gasteiger partial charge is 0.317 e. The van der Waals surface area contributed by atoms with E-state index in [4.69, 9.17) is 16.4 Å². The first kappa shape index (κ1) is 14.2. The van der Waals surface area contributed by atoms with Gasteiger partial charge in [-0.1, -0.05) is 65.3 Å². The summed E-state index contributed by atoms with van der Waals surface area (Å²) in [5.74, 6) is -0.728. The van der Waals surface area contributed by atoms with E-state index in [9.17, 15) is 4.79 Å². The van der Waals surface area contributed by atoms with Gasteiger partial charge in [0.05, 0.1) is 5.71 Å². The van der Waals surface area contributed by atoms with Crippen LogP contribution < -0.4 is 0 Å². The Labute approximate surface area is 139 Å². The van der Waals surface area contributed by atoms with E-state index in [1.165, 1.54) is 0 Å². The van der Waals surface area contributed by atoms with E-state index in [0.717, 1.165) is 23.1 Å². The Morgan fingerprint density at radius 3 is 2.57 bits per heavy atom. The van der Waals surface area contributed by atoms with E-state index in [-0.39, 0.29) is 17.8 Å². The molecule has 114 valence electrons. The van der Waals surface area contributed by atoms with E-state index in [0.29, 0.717) is 10.7 Å². The number of oxime groups is 1. The Kier molecular flexibility index (Phi) is 3.50. The van der Waals surface area contributed by atoms with Crippen LogP contribution in [0.1, 0.15) is 23.5 Å². The van der Waals surface area contributed by atoms with Crippen molar-refractivity contribution in [2.45, 2.75) is 12.3 Å². The number of carbonyl (C=O) groups excluding carboxylic acids is 1. The average molecular weight is 324 g/mol. The Morgan fingerprint density at radius 2 is 1.78 bits per heavy atom. The van der Waals surface area contributed by atoms with E-state index >= 15 is 0 Å². The van der Waals surface area contributed by atoms with Crippen LogP contribution in [-0.2, 0) is 9.63 Å². The average Bonchev–Trinajstić information content (AvgIpc) is 2.97. The second-order valence-electron chi connectivity index (χ2n) is 5.77. The van der Waals surface area contributed by atoms with Gasteiger partial charge >= 0.3 is 5.97 Å². The fourth-order valence-electron chi connectivity index (χ4n) is 3.33. The molecule has 0 spiro atoms. The second kappa shape index (κ2) is 5.67. The molecular weight excluding hydrogens is 310 g/mol. The highest BCUT2D eigenvalue weighted by atomic mass is 35.5. The van der Waals surface area contributed by atoms with Gasteiger partial charge in [0.25, 0.3) is 0 Å². The van der Waals surface area contributed by atoms with E-state index in [2.05, 4.69) is 17.3 Å². The van der Waals surface area contributed by atoms with Gasteiger partial charge < -0.3 is 4.84 Å². The molecule has 1 heterocycles. The lowest BCUT2D eigenvalue weighted by atomic mass is 9.73. The minimum Gasteiger partial charge on any atom is -0.317 e. The minimum absolute atomic E-state index is 0.0577. The van der Waals surface area contributed by atoms with Crippen LogP contribution >= 0.6 is 11.6 Å². The van der Waals surface area contributed by atoms with Crippen LogP contribution in [0.5, 0.6) is 0 Å². The first-order valence-electron chi connectivity index (χ1n) is 7.53. The first-order chi connectivity index (χ1) is 11.2. The number of rotatable bonds is 2. The number of allylic oxidation sites excluding steroid dienone is 2. The molecule has 0 saturated carbocycles. The Bertz CT molecular complexity index is 826. The molecule has 0 radical (unpaired) electrons. The van der Waals surface area contributed by atoms with Crippen LogP contribution in [-0.4, -0.2) is 11.7 Å². The Hall–Kier alpha value is -2.39. The highest BCUT2D eigenvalue weighted by Gasteiger charge is 2.43. The SMILES string of the molecule is O=C1ON=C2C=C(c3ccccc3)CC(c3ccccc3Cl)C12. The van der Waals surface area contributed by atoms with Crippen molar-refractivity contribution in [2.75, 3.05) is 0 Å².